The first-order valence-corrected chi connectivity index (χ1v) is 7.17. The van der Waals surface area contributed by atoms with Gasteiger partial charge in [0.15, 0.2) is 0 Å². The van der Waals surface area contributed by atoms with E-state index in [0.717, 1.165) is 37.2 Å². The molecule has 2 rings (SSSR count). The van der Waals surface area contributed by atoms with Crippen LogP contribution in [0.15, 0.2) is 30.3 Å². The van der Waals surface area contributed by atoms with Gasteiger partial charge in [-0.05, 0) is 37.2 Å². The highest BCUT2D eigenvalue weighted by atomic mass is 16.3. The van der Waals surface area contributed by atoms with Crippen molar-refractivity contribution >= 4 is 5.91 Å². The molecule has 3 heteroatoms. The summed E-state index contributed by atoms with van der Waals surface area (Å²) in [4.78, 5) is 12.0. The van der Waals surface area contributed by atoms with Crippen LogP contribution >= 0.6 is 0 Å². The van der Waals surface area contributed by atoms with E-state index in [1.165, 1.54) is 0 Å². The number of amides is 1. The van der Waals surface area contributed by atoms with Gasteiger partial charge in [-0.25, -0.2) is 0 Å². The van der Waals surface area contributed by atoms with E-state index in [2.05, 4.69) is 12.2 Å². The molecule has 1 aliphatic rings. The van der Waals surface area contributed by atoms with Gasteiger partial charge in [-0.15, -0.1) is 0 Å². The van der Waals surface area contributed by atoms with Crippen molar-refractivity contribution in [1.29, 1.82) is 0 Å². The number of aliphatic hydroxyl groups excluding tert-OH is 1. The van der Waals surface area contributed by atoms with E-state index >= 15 is 0 Å². The van der Waals surface area contributed by atoms with Gasteiger partial charge in [0.2, 0.25) is 5.91 Å². The van der Waals surface area contributed by atoms with E-state index in [1.807, 2.05) is 30.3 Å². The first kappa shape index (κ1) is 14.1. The Kier molecular flexibility index (Phi) is 4.97. The van der Waals surface area contributed by atoms with Crippen molar-refractivity contribution in [2.75, 3.05) is 6.54 Å². The second-order valence-electron chi connectivity index (χ2n) is 5.63. The topological polar surface area (TPSA) is 49.3 Å². The van der Waals surface area contributed by atoms with Crippen LogP contribution in [0.1, 0.15) is 44.3 Å². The summed E-state index contributed by atoms with van der Waals surface area (Å²) in [5.41, 5.74) is 0.847. The number of benzene rings is 1. The second-order valence-corrected chi connectivity index (χ2v) is 5.63. The van der Waals surface area contributed by atoms with Crippen LogP contribution in [0.3, 0.4) is 0 Å². The van der Waals surface area contributed by atoms with Gasteiger partial charge < -0.3 is 10.4 Å². The van der Waals surface area contributed by atoms with Gasteiger partial charge in [0, 0.05) is 12.5 Å². The molecule has 1 aromatic carbocycles. The average molecular weight is 261 g/mol. The third-order valence-corrected chi connectivity index (χ3v) is 4.04. The monoisotopic (exact) mass is 261 g/mol. The average Bonchev–Trinajstić information content (AvgIpc) is 2.46. The normalized spacial score (nSPS) is 24.7. The van der Waals surface area contributed by atoms with Crippen molar-refractivity contribution in [2.45, 2.75) is 38.7 Å². The van der Waals surface area contributed by atoms with Gasteiger partial charge in [0.05, 0.1) is 6.10 Å². The van der Waals surface area contributed by atoms with E-state index in [0.29, 0.717) is 6.54 Å². The Labute approximate surface area is 115 Å². The predicted molar refractivity (Wildman–Crippen MR) is 75.5 cm³/mol. The van der Waals surface area contributed by atoms with Gasteiger partial charge >= 0.3 is 0 Å². The summed E-state index contributed by atoms with van der Waals surface area (Å²) in [6.45, 7) is 2.54. The Morgan fingerprint density at radius 3 is 2.53 bits per heavy atom. The molecule has 1 fully saturated rings. The molecule has 0 saturated heterocycles. The Morgan fingerprint density at radius 2 is 1.89 bits per heavy atom. The molecular formula is C16H23NO2. The number of rotatable bonds is 4. The minimum atomic E-state index is -0.618. The molecule has 2 N–H and O–H groups in total. The number of carbonyl (C=O) groups excluding carboxylic acids is 1. The lowest BCUT2D eigenvalue weighted by atomic mass is 9.82. The third kappa shape index (κ3) is 4.06. The molecule has 1 aliphatic carbocycles. The van der Waals surface area contributed by atoms with Crippen LogP contribution < -0.4 is 5.32 Å². The van der Waals surface area contributed by atoms with Crippen LogP contribution in [0.5, 0.6) is 0 Å². The van der Waals surface area contributed by atoms with Crippen LogP contribution in [0.2, 0.25) is 0 Å². The molecular weight excluding hydrogens is 238 g/mol. The molecule has 3 nitrogen and oxygen atoms in total. The molecule has 0 bridgehead atoms. The summed E-state index contributed by atoms with van der Waals surface area (Å²) in [5, 5.41) is 12.9. The largest absolute Gasteiger partial charge is 0.387 e. The summed E-state index contributed by atoms with van der Waals surface area (Å²) in [7, 11) is 0. The van der Waals surface area contributed by atoms with Gasteiger partial charge in [-0.3, -0.25) is 4.79 Å². The van der Waals surface area contributed by atoms with Crippen molar-refractivity contribution < 1.29 is 9.90 Å². The van der Waals surface area contributed by atoms with Crippen molar-refractivity contribution in [3.63, 3.8) is 0 Å². The standard InChI is InChI=1S/C16H23NO2/c1-12-7-9-14(10-8-12)16(19)17-11-15(18)13-5-3-2-4-6-13/h2-6,12,14-15,18H,7-11H2,1H3,(H,17,19). The summed E-state index contributed by atoms with van der Waals surface area (Å²) in [6.07, 6.45) is 3.62. The van der Waals surface area contributed by atoms with Gasteiger partial charge in [0.1, 0.15) is 0 Å². The van der Waals surface area contributed by atoms with Crippen LogP contribution in [0.4, 0.5) is 0 Å². The maximum Gasteiger partial charge on any atom is 0.223 e. The summed E-state index contributed by atoms with van der Waals surface area (Å²) in [5.74, 6) is 0.986. The molecule has 1 unspecified atom stereocenters. The lowest BCUT2D eigenvalue weighted by Gasteiger charge is -2.25. The van der Waals surface area contributed by atoms with Crippen LogP contribution in [0, 0.1) is 11.8 Å². The van der Waals surface area contributed by atoms with Crippen molar-refractivity contribution in [1.82, 2.24) is 5.32 Å². The molecule has 0 spiro atoms. The van der Waals surface area contributed by atoms with Gasteiger partial charge in [-0.2, -0.15) is 0 Å². The number of carbonyl (C=O) groups is 1. The highest BCUT2D eigenvalue weighted by Crippen LogP contribution is 2.28. The lowest BCUT2D eigenvalue weighted by Crippen LogP contribution is -2.35. The maximum atomic E-state index is 12.0. The van der Waals surface area contributed by atoms with Crippen molar-refractivity contribution in [3.8, 4) is 0 Å². The maximum absolute atomic E-state index is 12.0. The number of nitrogens with one attached hydrogen (secondary N) is 1. The Hall–Kier alpha value is -1.35. The fourth-order valence-corrected chi connectivity index (χ4v) is 2.66. The van der Waals surface area contributed by atoms with Crippen LogP contribution in [-0.4, -0.2) is 17.6 Å². The SMILES string of the molecule is CC1CCC(C(=O)NCC(O)c2ccccc2)CC1. The predicted octanol–water partition coefficient (Wildman–Crippen LogP) is 2.66. The Bertz CT molecular complexity index is 396. The van der Waals surface area contributed by atoms with E-state index in [-0.39, 0.29) is 11.8 Å². The first-order chi connectivity index (χ1) is 9.16. The molecule has 0 aromatic heterocycles. The third-order valence-electron chi connectivity index (χ3n) is 4.04. The zero-order chi connectivity index (χ0) is 13.7. The van der Waals surface area contributed by atoms with Crippen molar-refractivity contribution in [2.24, 2.45) is 11.8 Å². The van der Waals surface area contributed by atoms with E-state index in [1.54, 1.807) is 0 Å². The minimum Gasteiger partial charge on any atom is -0.387 e. The van der Waals surface area contributed by atoms with Crippen LogP contribution in [0.25, 0.3) is 0 Å². The number of hydrogen-bond donors (Lipinski definition) is 2. The fraction of sp³-hybridized carbons (Fsp3) is 0.562. The molecule has 1 atom stereocenters. The molecule has 0 radical (unpaired) electrons. The smallest absolute Gasteiger partial charge is 0.223 e. The quantitative estimate of drug-likeness (QED) is 0.875. The number of hydrogen-bond acceptors (Lipinski definition) is 2. The fourth-order valence-electron chi connectivity index (χ4n) is 2.66. The highest BCUT2D eigenvalue weighted by Gasteiger charge is 2.24. The number of aliphatic hydroxyl groups is 1. The zero-order valence-electron chi connectivity index (χ0n) is 11.5. The highest BCUT2D eigenvalue weighted by molar-refractivity contribution is 5.78. The lowest BCUT2D eigenvalue weighted by molar-refractivity contribution is -0.126. The van der Waals surface area contributed by atoms with E-state index in [4.69, 9.17) is 0 Å². The minimum absolute atomic E-state index is 0.0990. The Morgan fingerprint density at radius 1 is 1.26 bits per heavy atom. The van der Waals surface area contributed by atoms with Crippen LogP contribution in [-0.2, 0) is 4.79 Å². The second kappa shape index (κ2) is 6.71. The van der Waals surface area contributed by atoms with Crippen molar-refractivity contribution in [3.05, 3.63) is 35.9 Å². The molecule has 1 saturated carbocycles. The summed E-state index contributed by atoms with van der Waals surface area (Å²) in [6, 6.07) is 9.45. The molecule has 1 aromatic rings. The molecule has 19 heavy (non-hydrogen) atoms. The van der Waals surface area contributed by atoms with Gasteiger partial charge in [0.25, 0.3) is 0 Å². The summed E-state index contributed by atoms with van der Waals surface area (Å²) >= 11 is 0. The Balaban J connectivity index is 1.77. The summed E-state index contributed by atoms with van der Waals surface area (Å²) < 4.78 is 0. The molecule has 104 valence electrons. The zero-order valence-corrected chi connectivity index (χ0v) is 11.5. The van der Waals surface area contributed by atoms with E-state index < -0.39 is 6.10 Å². The molecule has 0 heterocycles. The van der Waals surface area contributed by atoms with E-state index in [9.17, 15) is 9.90 Å². The van der Waals surface area contributed by atoms with Gasteiger partial charge in [-0.1, -0.05) is 37.3 Å². The molecule has 0 aliphatic heterocycles. The molecule has 1 amide bonds. The first-order valence-electron chi connectivity index (χ1n) is 7.17.